The summed E-state index contributed by atoms with van der Waals surface area (Å²) in [5.74, 6) is 0.448. The fourth-order valence-corrected chi connectivity index (χ4v) is 4.62. The number of allylic oxidation sites excluding steroid dienone is 2. The number of fused-ring (bicyclic) bond motifs is 2. The average molecular weight is 371 g/mol. The standard InChI is InChI=1S/C22H29NO4/c1-15(2)10-11-22(21(25)27-4)19-9-8-17(13-20(22)24)23(19)14-16-6-5-7-18(12-16)26-3/h5-7,10,12,17,19H,8-9,11,13-14H2,1-4H3/t17-,19-,22-/m1/s1. The molecule has 2 bridgehead atoms. The van der Waals surface area contributed by atoms with E-state index in [0.717, 1.165) is 29.7 Å². The first-order valence-electron chi connectivity index (χ1n) is 9.56. The molecule has 1 aromatic rings. The minimum Gasteiger partial charge on any atom is -0.497 e. The van der Waals surface area contributed by atoms with Crippen LogP contribution in [0.25, 0.3) is 0 Å². The molecule has 2 aliphatic heterocycles. The monoisotopic (exact) mass is 371 g/mol. The molecule has 0 N–H and O–H groups in total. The van der Waals surface area contributed by atoms with E-state index in [-0.39, 0.29) is 17.9 Å². The van der Waals surface area contributed by atoms with Gasteiger partial charge in [-0.05, 0) is 50.8 Å². The molecule has 0 spiro atoms. The molecule has 0 aliphatic carbocycles. The van der Waals surface area contributed by atoms with Crippen LogP contribution in [0.3, 0.4) is 0 Å². The van der Waals surface area contributed by atoms with Crippen molar-refractivity contribution in [2.45, 2.75) is 58.2 Å². The molecule has 0 amide bonds. The van der Waals surface area contributed by atoms with E-state index in [9.17, 15) is 9.59 Å². The van der Waals surface area contributed by atoms with Crippen LogP contribution < -0.4 is 4.74 Å². The molecule has 3 rings (SSSR count). The molecule has 1 aromatic carbocycles. The first-order chi connectivity index (χ1) is 12.9. The number of ketones is 1. The van der Waals surface area contributed by atoms with Gasteiger partial charge in [0.15, 0.2) is 5.78 Å². The van der Waals surface area contributed by atoms with Crippen LogP contribution in [0.4, 0.5) is 0 Å². The highest BCUT2D eigenvalue weighted by molar-refractivity contribution is 6.06. The maximum atomic E-state index is 13.1. The zero-order valence-corrected chi connectivity index (χ0v) is 16.7. The molecule has 0 saturated carbocycles. The lowest BCUT2D eigenvalue weighted by Gasteiger charge is -2.45. The number of esters is 1. The third-order valence-electron chi connectivity index (χ3n) is 6.01. The Hall–Kier alpha value is -2.14. The number of benzene rings is 1. The van der Waals surface area contributed by atoms with Crippen molar-refractivity contribution in [2.24, 2.45) is 5.41 Å². The van der Waals surface area contributed by atoms with Gasteiger partial charge in [0.05, 0.1) is 14.2 Å². The Morgan fingerprint density at radius 2 is 2.07 bits per heavy atom. The van der Waals surface area contributed by atoms with Gasteiger partial charge >= 0.3 is 5.97 Å². The number of hydrogen-bond acceptors (Lipinski definition) is 5. The molecule has 0 radical (unpaired) electrons. The molecular formula is C22H29NO4. The smallest absolute Gasteiger partial charge is 0.321 e. The molecular weight excluding hydrogens is 342 g/mol. The van der Waals surface area contributed by atoms with Gasteiger partial charge in [0.2, 0.25) is 0 Å². The Morgan fingerprint density at radius 1 is 1.30 bits per heavy atom. The number of methoxy groups -OCH3 is 2. The van der Waals surface area contributed by atoms with Gasteiger partial charge in [0, 0.05) is 25.0 Å². The summed E-state index contributed by atoms with van der Waals surface area (Å²) < 4.78 is 10.5. The molecule has 27 heavy (non-hydrogen) atoms. The van der Waals surface area contributed by atoms with Crippen LogP contribution >= 0.6 is 0 Å². The Kier molecular flexibility index (Phi) is 5.70. The number of Topliss-reactive ketones (excluding diaryl/α,β-unsaturated/α-hetero) is 1. The van der Waals surface area contributed by atoms with E-state index in [1.165, 1.54) is 7.11 Å². The van der Waals surface area contributed by atoms with Gasteiger partial charge in [0.25, 0.3) is 0 Å². The summed E-state index contributed by atoms with van der Waals surface area (Å²) in [6.45, 7) is 4.68. The topological polar surface area (TPSA) is 55.8 Å². The first-order valence-corrected chi connectivity index (χ1v) is 9.56. The van der Waals surface area contributed by atoms with Crippen molar-refractivity contribution in [1.82, 2.24) is 4.90 Å². The highest BCUT2D eigenvalue weighted by atomic mass is 16.5. The predicted molar refractivity (Wildman–Crippen MR) is 103 cm³/mol. The van der Waals surface area contributed by atoms with Crippen molar-refractivity contribution in [3.63, 3.8) is 0 Å². The van der Waals surface area contributed by atoms with Crippen LogP contribution in [-0.2, 0) is 20.9 Å². The Balaban J connectivity index is 1.96. The van der Waals surface area contributed by atoms with Crippen LogP contribution in [0.2, 0.25) is 0 Å². The van der Waals surface area contributed by atoms with Crippen molar-refractivity contribution in [3.8, 4) is 5.75 Å². The number of carbonyl (C=O) groups is 2. The van der Waals surface area contributed by atoms with Gasteiger partial charge in [-0.15, -0.1) is 0 Å². The predicted octanol–water partition coefficient (Wildman–Crippen LogP) is 3.52. The lowest BCUT2D eigenvalue weighted by atomic mass is 9.69. The number of ether oxygens (including phenoxy) is 2. The van der Waals surface area contributed by atoms with E-state index in [2.05, 4.69) is 11.0 Å². The third-order valence-corrected chi connectivity index (χ3v) is 6.01. The second-order valence-corrected chi connectivity index (χ2v) is 7.85. The maximum absolute atomic E-state index is 13.1. The Morgan fingerprint density at radius 3 is 2.74 bits per heavy atom. The molecule has 0 aromatic heterocycles. The van der Waals surface area contributed by atoms with Gasteiger partial charge in [-0.3, -0.25) is 14.5 Å². The van der Waals surface area contributed by atoms with Crippen LogP contribution in [0.15, 0.2) is 35.9 Å². The zero-order valence-electron chi connectivity index (χ0n) is 16.7. The Labute approximate surface area is 161 Å². The van der Waals surface area contributed by atoms with E-state index < -0.39 is 11.4 Å². The molecule has 5 nitrogen and oxygen atoms in total. The van der Waals surface area contributed by atoms with Crippen molar-refractivity contribution in [1.29, 1.82) is 0 Å². The SMILES string of the molecule is COC(=O)[C@@]1(CC=C(C)C)C(=O)C[C@H]2CC[C@H]1N2Cc1cccc(OC)c1. The highest BCUT2D eigenvalue weighted by Gasteiger charge is 2.60. The van der Waals surface area contributed by atoms with Crippen molar-refractivity contribution < 1.29 is 19.1 Å². The summed E-state index contributed by atoms with van der Waals surface area (Å²) in [5, 5.41) is 0. The lowest BCUT2D eigenvalue weighted by molar-refractivity contribution is -0.166. The van der Waals surface area contributed by atoms with E-state index in [1.54, 1.807) is 7.11 Å². The number of piperidine rings is 1. The summed E-state index contributed by atoms with van der Waals surface area (Å²) in [7, 11) is 3.04. The molecule has 146 valence electrons. The normalized spacial score (nSPS) is 27.3. The summed E-state index contributed by atoms with van der Waals surface area (Å²) in [6.07, 6.45) is 4.59. The molecule has 2 heterocycles. The zero-order chi connectivity index (χ0) is 19.6. The van der Waals surface area contributed by atoms with E-state index in [1.807, 2.05) is 38.1 Å². The van der Waals surface area contributed by atoms with Gasteiger partial charge in [0.1, 0.15) is 11.2 Å². The maximum Gasteiger partial charge on any atom is 0.321 e. The fourth-order valence-electron chi connectivity index (χ4n) is 4.62. The molecule has 2 fully saturated rings. The van der Waals surface area contributed by atoms with Crippen LogP contribution in [0.1, 0.15) is 45.1 Å². The summed E-state index contributed by atoms with van der Waals surface area (Å²) in [4.78, 5) is 28.3. The quantitative estimate of drug-likeness (QED) is 0.435. The van der Waals surface area contributed by atoms with E-state index in [0.29, 0.717) is 19.4 Å². The van der Waals surface area contributed by atoms with E-state index in [4.69, 9.17) is 9.47 Å². The minimum atomic E-state index is -1.10. The second-order valence-electron chi connectivity index (χ2n) is 7.85. The number of hydrogen-bond donors (Lipinski definition) is 0. The van der Waals surface area contributed by atoms with E-state index >= 15 is 0 Å². The minimum absolute atomic E-state index is 0.0289. The largest absolute Gasteiger partial charge is 0.497 e. The molecule has 3 atom stereocenters. The van der Waals surface area contributed by atoms with Crippen molar-refractivity contribution in [3.05, 3.63) is 41.5 Å². The number of nitrogens with zero attached hydrogens (tertiary/aromatic N) is 1. The molecule has 5 heteroatoms. The molecule has 2 aliphatic rings. The average Bonchev–Trinajstić information content (AvgIpc) is 2.97. The first kappa shape index (κ1) is 19.6. The van der Waals surface area contributed by atoms with Crippen molar-refractivity contribution >= 4 is 11.8 Å². The number of rotatable bonds is 6. The van der Waals surface area contributed by atoms with Crippen LogP contribution in [-0.4, -0.2) is 43.0 Å². The summed E-state index contributed by atoms with van der Waals surface area (Å²) in [5.41, 5.74) is 1.13. The molecule has 2 saturated heterocycles. The summed E-state index contributed by atoms with van der Waals surface area (Å²) in [6, 6.07) is 8.05. The van der Waals surface area contributed by atoms with Gasteiger partial charge in [-0.1, -0.05) is 23.8 Å². The lowest BCUT2D eigenvalue weighted by Crippen LogP contribution is -2.60. The van der Waals surface area contributed by atoms with Gasteiger partial charge in [-0.2, -0.15) is 0 Å². The van der Waals surface area contributed by atoms with Crippen molar-refractivity contribution in [2.75, 3.05) is 14.2 Å². The Bertz CT molecular complexity index is 752. The third kappa shape index (κ3) is 3.53. The highest BCUT2D eigenvalue weighted by Crippen LogP contribution is 2.48. The van der Waals surface area contributed by atoms with Gasteiger partial charge in [-0.25, -0.2) is 0 Å². The van der Waals surface area contributed by atoms with Crippen LogP contribution in [0, 0.1) is 5.41 Å². The second kappa shape index (κ2) is 7.85. The number of carbonyl (C=O) groups excluding carboxylic acids is 2. The summed E-state index contributed by atoms with van der Waals surface area (Å²) >= 11 is 0. The molecule has 0 unspecified atom stereocenters. The van der Waals surface area contributed by atoms with Crippen LogP contribution in [0.5, 0.6) is 5.75 Å². The van der Waals surface area contributed by atoms with Gasteiger partial charge < -0.3 is 9.47 Å². The fraction of sp³-hybridized carbons (Fsp3) is 0.545.